The number of nitrogens with one attached hydrogen (secondary N) is 1. The van der Waals surface area contributed by atoms with E-state index in [1.165, 1.54) is 0 Å². The Balaban J connectivity index is 2.11. The summed E-state index contributed by atoms with van der Waals surface area (Å²) in [6.07, 6.45) is -0.465. The first-order chi connectivity index (χ1) is 10.2. The maximum atomic E-state index is 9.92. The van der Waals surface area contributed by atoms with Gasteiger partial charge in [-0.1, -0.05) is 44.2 Å². The first-order valence-electron chi connectivity index (χ1n) is 7.91. The van der Waals surface area contributed by atoms with Crippen LogP contribution in [0.5, 0.6) is 0 Å². The molecule has 0 aliphatic rings. The van der Waals surface area contributed by atoms with Crippen LogP contribution in [0.25, 0.3) is 0 Å². The van der Waals surface area contributed by atoms with E-state index in [0.717, 1.165) is 25.2 Å². The maximum Gasteiger partial charge on any atom is 0.0897 e. The molecule has 4 nitrogen and oxygen atoms in total. The molecule has 1 aromatic carbocycles. The zero-order valence-corrected chi connectivity index (χ0v) is 13.6. The van der Waals surface area contributed by atoms with E-state index >= 15 is 0 Å². The lowest BCUT2D eigenvalue weighted by Crippen LogP contribution is -2.42. The molecule has 21 heavy (non-hydrogen) atoms. The minimum atomic E-state index is -0.465. The summed E-state index contributed by atoms with van der Waals surface area (Å²) in [5.41, 5.74) is 1.13. The van der Waals surface area contributed by atoms with Gasteiger partial charge in [0.1, 0.15) is 0 Å². The molecule has 2 unspecified atom stereocenters. The van der Waals surface area contributed by atoms with Crippen molar-refractivity contribution in [2.24, 2.45) is 0 Å². The summed E-state index contributed by atoms with van der Waals surface area (Å²) in [7, 11) is 0. The summed E-state index contributed by atoms with van der Waals surface area (Å²) in [6, 6.07) is 10.4. The minimum Gasteiger partial charge on any atom is -0.389 e. The maximum absolute atomic E-state index is 9.92. The van der Waals surface area contributed by atoms with Crippen LogP contribution in [0, 0.1) is 0 Å². The molecular weight excluding hydrogens is 264 g/mol. The number of ether oxygens (including phenoxy) is 1. The van der Waals surface area contributed by atoms with Gasteiger partial charge in [-0.15, -0.1) is 0 Å². The molecule has 4 heteroatoms. The van der Waals surface area contributed by atoms with Crippen molar-refractivity contribution in [3.05, 3.63) is 35.9 Å². The summed E-state index contributed by atoms with van der Waals surface area (Å²) in [4.78, 5) is 2.37. The van der Waals surface area contributed by atoms with Gasteiger partial charge in [0.05, 0.1) is 19.3 Å². The van der Waals surface area contributed by atoms with Gasteiger partial charge in [-0.3, -0.25) is 0 Å². The molecule has 120 valence electrons. The fraction of sp³-hybridized carbons (Fsp3) is 0.647. The van der Waals surface area contributed by atoms with Crippen LogP contribution in [-0.2, 0) is 11.3 Å². The molecule has 0 aromatic heterocycles. The van der Waals surface area contributed by atoms with Gasteiger partial charge in [0.25, 0.3) is 0 Å². The third kappa shape index (κ3) is 8.17. The highest BCUT2D eigenvalue weighted by atomic mass is 16.5. The predicted molar refractivity (Wildman–Crippen MR) is 87.4 cm³/mol. The van der Waals surface area contributed by atoms with Crippen LogP contribution in [0.1, 0.15) is 26.3 Å². The van der Waals surface area contributed by atoms with Crippen molar-refractivity contribution in [3.63, 3.8) is 0 Å². The van der Waals surface area contributed by atoms with Crippen molar-refractivity contribution >= 4 is 0 Å². The normalized spacial score (nSPS) is 14.3. The second kappa shape index (κ2) is 10.7. The van der Waals surface area contributed by atoms with E-state index in [4.69, 9.17) is 4.74 Å². The molecule has 0 spiro atoms. The Bertz CT molecular complexity index is 355. The number of rotatable bonds is 11. The zero-order chi connectivity index (χ0) is 15.5. The van der Waals surface area contributed by atoms with Crippen LogP contribution in [0.15, 0.2) is 30.3 Å². The van der Waals surface area contributed by atoms with Crippen LogP contribution in [0.2, 0.25) is 0 Å². The number of aliphatic hydroxyl groups excluding tert-OH is 1. The summed E-state index contributed by atoms with van der Waals surface area (Å²) in [6.45, 7) is 11.1. The Morgan fingerprint density at radius 3 is 2.48 bits per heavy atom. The van der Waals surface area contributed by atoms with Crippen molar-refractivity contribution < 1.29 is 9.84 Å². The first-order valence-corrected chi connectivity index (χ1v) is 7.91. The molecule has 1 rings (SSSR count). The molecule has 0 saturated heterocycles. The van der Waals surface area contributed by atoms with E-state index in [9.17, 15) is 5.11 Å². The van der Waals surface area contributed by atoms with Crippen LogP contribution < -0.4 is 5.32 Å². The van der Waals surface area contributed by atoms with E-state index in [1.54, 1.807) is 0 Å². The summed E-state index contributed by atoms with van der Waals surface area (Å²) >= 11 is 0. The molecule has 0 radical (unpaired) electrons. The topological polar surface area (TPSA) is 44.7 Å². The quantitative estimate of drug-likeness (QED) is 0.654. The standard InChI is InChI=1S/C17H30N2O2/c1-4-19(5-2)12-15(3)18-11-17(20)14-21-13-16-9-7-6-8-10-16/h6-10,15,17-18,20H,4-5,11-14H2,1-3H3. The number of benzene rings is 1. The zero-order valence-electron chi connectivity index (χ0n) is 13.6. The number of likely N-dealkylation sites (N-methyl/N-ethyl adjacent to an activating group) is 1. The molecule has 0 saturated carbocycles. The number of hydrogen-bond donors (Lipinski definition) is 2. The Hall–Kier alpha value is -0.940. The Morgan fingerprint density at radius 1 is 1.19 bits per heavy atom. The fourth-order valence-electron chi connectivity index (χ4n) is 2.22. The molecule has 0 aliphatic carbocycles. The average Bonchev–Trinajstić information content (AvgIpc) is 2.51. The average molecular weight is 294 g/mol. The lowest BCUT2D eigenvalue weighted by Gasteiger charge is -2.24. The predicted octanol–water partition coefficient (Wildman–Crippen LogP) is 1.88. The first kappa shape index (κ1) is 18.1. The second-order valence-corrected chi connectivity index (χ2v) is 5.45. The van der Waals surface area contributed by atoms with Crippen molar-refractivity contribution in [1.82, 2.24) is 10.2 Å². The van der Waals surface area contributed by atoms with Crippen molar-refractivity contribution in [2.75, 3.05) is 32.8 Å². The highest BCUT2D eigenvalue weighted by molar-refractivity contribution is 5.13. The number of nitrogens with zero attached hydrogens (tertiary/aromatic N) is 1. The third-order valence-corrected chi connectivity index (χ3v) is 3.55. The molecule has 1 aromatic rings. The van der Waals surface area contributed by atoms with Gasteiger partial charge >= 0.3 is 0 Å². The van der Waals surface area contributed by atoms with Crippen LogP contribution in [0.4, 0.5) is 0 Å². The van der Waals surface area contributed by atoms with E-state index in [1.807, 2.05) is 30.3 Å². The van der Waals surface area contributed by atoms with E-state index in [-0.39, 0.29) is 0 Å². The van der Waals surface area contributed by atoms with Crippen molar-refractivity contribution in [2.45, 2.75) is 39.5 Å². The van der Waals surface area contributed by atoms with Gasteiger partial charge in [0.2, 0.25) is 0 Å². The largest absolute Gasteiger partial charge is 0.389 e. The van der Waals surface area contributed by atoms with E-state index in [0.29, 0.717) is 25.8 Å². The van der Waals surface area contributed by atoms with Gasteiger partial charge in [0.15, 0.2) is 0 Å². The Kier molecular flexibility index (Phi) is 9.26. The highest BCUT2D eigenvalue weighted by Gasteiger charge is 2.09. The highest BCUT2D eigenvalue weighted by Crippen LogP contribution is 2.01. The van der Waals surface area contributed by atoms with Crippen LogP contribution >= 0.6 is 0 Å². The number of hydrogen-bond acceptors (Lipinski definition) is 4. The minimum absolute atomic E-state index is 0.361. The van der Waals surface area contributed by atoms with Crippen molar-refractivity contribution in [1.29, 1.82) is 0 Å². The summed E-state index contributed by atoms with van der Waals surface area (Å²) in [5, 5.41) is 13.3. The van der Waals surface area contributed by atoms with Crippen LogP contribution in [0.3, 0.4) is 0 Å². The Morgan fingerprint density at radius 2 is 1.86 bits per heavy atom. The molecule has 0 amide bonds. The molecule has 0 aliphatic heterocycles. The lowest BCUT2D eigenvalue weighted by atomic mass is 10.2. The molecule has 2 atom stereocenters. The van der Waals surface area contributed by atoms with Gasteiger partial charge in [-0.05, 0) is 25.6 Å². The van der Waals surface area contributed by atoms with Gasteiger partial charge in [-0.25, -0.2) is 0 Å². The summed E-state index contributed by atoms with van der Waals surface area (Å²) in [5.74, 6) is 0. The SMILES string of the molecule is CCN(CC)CC(C)NCC(O)COCc1ccccc1. The Labute approximate surface area is 129 Å². The van der Waals surface area contributed by atoms with Crippen molar-refractivity contribution in [3.8, 4) is 0 Å². The smallest absolute Gasteiger partial charge is 0.0897 e. The fourth-order valence-corrected chi connectivity index (χ4v) is 2.22. The van der Waals surface area contributed by atoms with E-state index < -0.39 is 6.10 Å². The van der Waals surface area contributed by atoms with Gasteiger partial charge in [0, 0.05) is 19.1 Å². The van der Waals surface area contributed by atoms with Gasteiger partial charge in [-0.2, -0.15) is 0 Å². The molecule has 0 heterocycles. The van der Waals surface area contributed by atoms with Gasteiger partial charge < -0.3 is 20.1 Å². The van der Waals surface area contributed by atoms with E-state index in [2.05, 4.69) is 31.0 Å². The second-order valence-electron chi connectivity index (χ2n) is 5.45. The monoisotopic (exact) mass is 294 g/mol. The number of aliphatic hydroxyl groups is 1. The summed E-state index contributed by atoms with van der Waals surface area (Å²) < 4.78 is 5.54. The third-order valence-electron chi connectivity index (χ3n) is 3.55. The molecule has 0 fully saturated rings. The molecule has 2 N–H and O–H groups in total. The van der Waals surface area contributed by atoms with Crippen LogP contribution in [-0.4, -0.2) is 54.9 Å². The molecule has 0 bridgehead atoms. The molecular formula is C17H30N2O2. The lowest BCUT2D eigenvalue weighted by molar-refractivity contribution is 0.0273.